The van der Waals surface area contributed by atoms with Gasteiger partial charge in [0.15, 0.2) is 5.82 Å². The molecule has 3 rings (SSSR count). The van der Waals surface area contributed by atoms with Gasteiger partial charge in [0.25, 0.3) is 0 Å². The molecular formula is C13H15N3O3. The van der Waals surface area contributed by atoms with Crippen molar-refractivity contribution in [3.05, 3.63) is 41.5 Å². The number of nitrogens with zero attached hydrogens (tertiary/aromatic N) is 2. The number of benzene rings is 1. The number of para-hydroxylation sites is 1. The molecule has 2 unspecified atom stereocenters. The maximum absolute atomic E-state index is 5.87. The Bertz CT molecular complexity index is 570. The third-order valence-corrected chi connectivity index (χ3v) is 3.13. The normalized spacial score (nSPS) is 18.9. The van der Waals surface area contributed by atoms with Crippen molar-refractivity contribution in [1.82, 2.24) is 10.1 Å². The van der Waals surface area contributed by atoms with E-state index in [0.29, 0.717) is 24.9 Å². The summed E-state index contributed by atoms with van der Waals surface area (Å²) in [6.45, 7) is 0.872. The van der Waals surface area contributed by atoms with Gasteiger partial charge in [0, 0.05) is 12.7 Å². The summed E-state index contributed by atoms with van der Waals surface area (Å²) in [6, 6.07) is 7.47. The Kier molecular flexibility index (Phi) is 3.18. The first-order valence-corrected chi connectivity index (χ1v) is 6.09. The van der Waals surface area contributed by atoms with Crippen LogP contribution < -0.4 is 10.5 Å². The number of nitrogens with two attached hydrogens (primary N) is 1. The first-order chi connectivity index (χ1) is 9.29. The van der Waals surface area contributed by atoms with E-state index in [1.54, 1.807) is 7.11 Å². The fraction of sp³-hybridized carbons (Fsp3) is 0.385. The summed E-state index contributed by atoms with van der Waals surface area (Å²) in [4.78, 5) is 4.35. The maximum atomic E-state index is 5.87. The van der Waals surface area contributed by atoms with Crippen molar-refractivity contribution in [1.29, 1.82) is 0 Å². The van der Waals surface area contributed by atoms with Gasteiger partial charge in [-0.1, -0.05) is 23.4 Å². The average molecular weight is 261 g/mol. The Morgan fingerprint density at radius 3 is 3.16 bits per heavy atom. The van der Waals surface area contributed by atoms with E-state index in [-0.39, 0.29) is 12.0 Å². The molecule has 0 fully saturated rings. The Morgan fingerprint density at radius 1 is 1.47 bits per heavy atom. The number of hydrogen-bond acceptors (Lipinski definition) is 6. The fourth-order valence-corrected chi connectivity index (χ4v) is 2.16. The van der Waals surface area contributed by atoms with Crippen molar-refractivity contribution >= 4 is 0 Å². The molecule has 2 N–H and O–H groups in total. The van der Waals surface area contributed by atoms with Gasteiger partial charge in [-0.2, -0.15) is 4.98 Å². The van der Waals surface area contributed by atoms with E-state index in [1.165, 1.54) is 0 Å². The van der Waals surface area contributed by atoms with Crippen molar-refractivity contribution in [3.8, 4) is 5.75 Å². The lowest BCUT2D eigenvalue weighted by Gasteiger charge is -2.04. The van der Waals surface area contributed by atoms with Crippen LogP contribution in [-0.4, -0.2) is 30.5 Å². The number of rotatable bonds is 4. The van der Waals surface area contributed by atoms with E-state index in [1.807, 2.05) is 24.3 Å². The lowest BCUT2D eigenvalue weighted by atomic mass is 10.0. The van der Waals surface area contributed by atoms with Gasteiger partial charge < -0.3 is 19.7 Å². The number of methoxy groups -OCH3 is 1. The lowest BCUT2D eigenvalue weighted by molar-refractivity contribution is 0.177. The summed E-state index contributed by atoms with van der Waals surface area (Å²) in [5, 5.41) is 3.91. The van der Waals surface area contributed by atoms with Crippen LogP contribution in [0, 0.1) is 0 Å². The van der Waals surface area contributed by atoms with Crippen LogP contribution in [0.2, 0.25) is 0 Å². The van der Waals surface area contributed by atoms with Gasteiger partial charge >= 0.3 is 0 Å². The smallest absolute Gasteiger partial charge is 0.237 e. The molecule has 0 saturated carbocycles. The van der Waals surface area contributed by atoms with Gasteiger partial charge in [-0.3, -0.25) is 0 Å². The standard InChI is InChI=1S/C13H15N3O3/c1-17-7-10(14)12-15-13(19-16-12)9-6-18-11-5-3-2-4-8(9)11/h2-5,9-10H,6-7,14H2,1H3. The van der Waals surface area contributed by atoms with Gasteiger partial charge in [-0.15, -0.1) is 0 Å². The zero-order valence-corrected chi connectivity index (χ0v) is 10.6. The van der Waals surface area contributed by atoms with E-state index in [4.69, 9.17) is 19.7 Å². The minimum Gasteiger partial charge on any atom is -0.492 e. The van der Waals surface area contributed by atoms with Gasteiger partial charge in [-0.25, -0.2) is 0 Å². The Hall–Kier alpha value is -1.92. The molecule has 2 atom stereocenters. The second-order valence-corrected chi connectivity index (χ2v) is 4.45. The second kappa shape index (κ2) is 4.99. The molecule has 0 bridgehead atoms. The number of fused-ring (bicyclic) bond motifs is 1. The fourth-order valence-electron chi connectivity index (χ4n) is 2.16. The van der Waals surface area contributed by atoms with Crippen LogP contribution in [0.5, 0.6) is 5.75 Å². The molecule has 0 spiro atoms. The number of aromatic nitrogens is 2. The minimum atomic E-state index is -0.375. The molecule has 1 aliphatic rings. The van der Waals surface area contributed by atoms with Crippen LogP contribution in [-0.2, 0) is 4.74 Å². The van der Waals surface area contributed by atoms with Crippen LogP contribution in [0.3, 0.4) is 0 Å². The summed E-state index contributed by atoms with van der Waals surface area (Å²) >= 11 is 0. The SMILES string of the molecule is COCC(N)c1noc(C2COc3ccccc32)n1. The van der Waals surface area contributed by atoms with E-state index in [9.17, 15) is 0 Å². The van der Waals surface area contributed by atoms with E-state index >= 15 is 0 Å². The molecule has 100 valence electrons. The minimum absolute atomic E-state index is 0.0211. The van der Waals surface area contributed by atoms with Crippen molar-refractivity contribution in [2.75, 3.05) is 20.3 Å². The summed E-state index contributed by atoms with van der Waals surface area (Å²) in [5.74, 6) is 1.84. The monoisotopic (exact) mass is 261 g/mol. The predicted octanol–water partition coefficient (Wildman–Crippen LogP) is 1.24. The topological polar surface area (TPSA) is 83.4 Å². The number of hydrogen-bond donors (Lipinski definition) is 1. The second-order valence-electron chi connectivity index (χ2n) is 4.45. The molecule has 0 radical (unpaired) electrons. The molecule has 2 aromatic rings. The highest BCUT2D eigenvalue weighted by Crippen LogP contribution is 2.37. The van der Waals surface area contributed by atoms with Crippen LogP contribution in [0.15, 0.2) is 28.8 Å². The van der Waals surface area contributed by atoms with Crippen LogP contribution in [0.1, 0.15) is 29.2 Å². The first-order valence-electron chi connectivity index (χ1n) is 6.09. The van der Waals surface area contributed by atoms with Crippen LogP contribution in [0.25, 0.3) is 0 Å². The molecule has 0 aliphatic carbocycles. The molecule has 1 aliphatic heterocycles. The molecule has 1 aromatic carbocycles. The maximum Gasteiger partial charge on any atom is 0.237 e. The number of ether oxygens (including phenoxy) is 2. The summed E-state index contributed by atoms with van der Waals surface area (Å²) in [5.41, 5.74) is 6.94. The van der Waals surface area contributed by atoms with Crippen LogP contribution in [0.4, 0.5) is 0 Å². The predicted molar refractivity (Wildman–Crippen MR) is 66.9 cm³/mol. The highest BCUT2D eigenvalue weighted by molar-refractivity contribution is 5.42. The largest absolute Gasteiger partial charge is 0.492 e. The van der Waals surface area contributed by atoms with Crippen molar-refractivity contribution in [2.45, 2.75) is 12.0 Å². The molecular weight excluding hydrogens is 246 g/mol. The zero-order valence-electron chi connectivity index (χ0n) is 10.6. The molecule has 1 aromatic heterocycles. The summed E-state index contributed by atoms with van der Waals surface area (Å²) < 4.78 is 15.9. The molecule has 0 saturated heterocycles. The van der Waals surface area contributed by atoms with Gasteiger partial charge in [0.05, 0.1) is 12.6 Å². The molecule has 6 nitrogen and oxygen atoms in total. The lowest BCUT2D eigenvalue weighted by Crippen LogP contribution is -2.17. The Morgan fingerprint density at radius 2 is 2.32 bits per heavy atom. The van der Waals surface area contributed by atoms with Crippen molar-refractivity contribution in [2.24, 2.45) is 5.73 Å². The van der Waals surface area contributed by atoms with E-state index < -0.39 is 0 Å². The third kappa shape index (κ3) is 2.20. The van der Waals surface area contributed by atoms with Crippen LogP contribution >= 0.6 is 0 Å². The summed E-state index contributed by atoms with van der Waals surface area (Å²) in [6.07, 6.45) is 0. The Labute approximate surface area is 110 Å². The van der Waals surface area contributed by atoms with E-state index in [2.05, 4.69) is 10.1 Å². The highest BCUT2D eigenvalue weighted by atomic mass is 16.5. The molecule has 2 heterocycles. The first kappa shape index (κ1) is 12.1. The zero-order chi connectivity index (χ0) is 13.2. The third-order valence-electron chi connectivity index (χ3n) is 3.13. The van der Waals surface area contributed by atoms with E-state index in [0.717, 1.165) is 11.3 Å². The quantitative estimate of drug-likeness (QED) is 0.891. The molecule has 0 amide bonds. The summed E-state index contributed by atoms with van der Waals surface area (Å²) in [7, 11) is 1.59. The highest BCUT2D eigenvalue weighted by Gasteiger charge is 2.30. The van der Waals surface area contributed by atoms with Gasteiger partial charge in [-0.05, 0) is 6.07 Å². The molecule has 6 heteroatoms. The average Bonchev–Trinajstić information content (AvgIpc) is 3.05. The van der Waals surface area contributed by atoms with Crippen molar-refractivity contribution in [3.63, 3.8) is 0 Å². The molecule has 19 heavy (non-hydrogen) atoms. The van der Waals surface area contributed by atoms with Crippen molar-refractivity contribution < 1.29 is 14.0 Å². The Balaban J connectivity index is 1.85. The van der Waals surface area contributed by atoms with Gasteiger partial charge in [0.1, 0.15) is 18.3 Å². The van der Waals surface area contributed by atoms with Gasteiger partial charge in [0.2, 0.25) is 5.89 Å².